The summed E-state index contributed by atoms with van der Waals surface area (Å²) in [6, 6.07) is 5.18. The molecule has 0 radical (unpaired) electrons. The second-order valence-corrected chi connectivity index (χ2v) is 2.65. The number of ether oxygens (including phenoxy) is 1. The lowest BCUT2D eigenvalue weighted by Gasteiger charge is -2.02. The average molecular weight is 191 g/mol. The maximum absolute atomic E-state index is 5.45. The van der Waals surface area contributed by atoms with Gasteiger partial charge in [-0.05, 0) is 12.1 Å². The molecule has 0 fully saturated rings. The molecule has 0 spiro atoms. The minimum absolute atomic E-state index is 0.337. The Morgan fingerprint density at radius 3 is 3.07 bits per heavy atom. The second kappa shape index (κ2) is 3.78. The van der Waals surface area contributed by atoms with Gasteiger partial charge in [0.2, 0.25) is 5.88 Å². The van der Waals surface area contributed by atoms with Crippen LogP contribution in [0.5, 0.6) is 5.88 Å². The third-order valence-corrected chi connectivity index (χ3v) is 1.61. The molecule has 0 aliphatic heterocycles. The number of aromatic nitrogens is 2. The molecule has 0 unspecified atom stereocenters. The molecule has 14 heavy (non-hydrogen) atoms. The molecule has 2 aromatic rings. The van der Waals surface area contributed by atoms with E-state index in [-0.39, 0.29) is 0 Å². The molecule has 2 N–H and O–H groups in total. The lowest BCUT2D eigenvalue weighted by atomic mass is 10.5. The van der Waals surface area contributed by atoms with Crippen LogP contribution in [-0.4, -0.2) is 9.97 Å². The van der Waals surface area contributed by atoms with Crippen LogP contribution in [0.15, 0.2) is 35.2 Å². The van der Waals surface area contributed by atoms with Gasteiger partial charge in [-0.1, -0.05) is 0 Å². The van der Waals surface area contributed by atoms with E-state index in [0.29, 0.717) is 18.3 Å². The standard InChI is InChI=1S/C9H9N3O2/c10-8-4-9(12-6-11-8)14-5-7-2-1-3-13-7/h1-4,6H,5H2,(H2,10,11,12). The molecule has 0 aliphatic carbocycles. The fourth-order valence-corrected chi connectivity index (χ4v) is 0.972. The number of anilines is 1. The van der Waals surface area contributed by atoms with E-state index in [0.717, 1.165) is 5.76 Å². The van der Waals surface area contributed by atoms with Crippen molar-refractivity contribution in [3.8, 4) is 5.88 Å². The van der Waals surface area contributed by atoms with Crippen molar-refractivity contribution in [2.75, 3.05) is 5.73 Å². The Balaban J connectivity index is 1.98. The van der Waals surface area contributed by atoms with Crippen LogP contribution in [0.25, 0.3) is 0 Å². The Labute approximate surface area is 80.5 Å². The van der Waals surface area contributed by atoms with Gasteiger partial charge in [-0.2, -0.15) is 0 Å². The highest BCUT2D eigenvalue weighted by molar-refractivity contribution is 5.30. The van der Waals surface area contributed by atoms with Crippen LogP contribution in [-0.2, 0) is 6.61 Å². The van der Waals surface area contributed by atoms with Gasteiger partial charge in [-0.25, -0.2) is 9.97 Å². The number of nitrogen functional groups attached to an aromatic ring is 1. The fourth-order valence-electron chi connectivity index (χ4n) is 0.972. The summed E-state index contributed by atoms with van der Waals surface area (Å²) in [4.78, 5) is 7.63. The van der Waals surface area contributed by atoms with Gasteiger partial charge in [-0.15, -0.1) is 0 Å². The van der Waals surface area contributed by atoms with E-state index in [1.165, 1.54) is 6.33 Å². The molecule has 5 heteroatoms. The number of furan rings is 1. The average Bonchev–Trinajstić information content (AvgIpc) is 2.67. The number of hydrogen-bond acceptors (Lipinski definition) is 5. The fraction of sp³-hybridized carbons (Fsp3) is 0.111. The third-order valence-electron chi connectivity index (χ3n) is 1.61. The molecule has 2 heterocycles. The zero-order chi connectivity index (χ0) is 9.80. The molecule has 5 nitrogen and oxygen atoms in total. The first-order valence-corrected chi connectivity index (χ1v) is 4.07. The van der Waals surface area contributed by atoms with Crippen LogP contribution >= 0.6 is 0 Å². The van der Waals surface area contributed by atoms with E-state index in [1.807, 2.05) is 6.07 Å². The highest BCUT2D eigenvalue weighted by atomic mass is 16.5. The Kier molecular flexibility index (Phi) is 2.31. The smallest absolute Gasteiger partial charge is 0.218 e. The van der Waals surface area contributed by atoms with Gasteiger partial charge < -0.3 is 14.9 Å². The monoisotopic (exact) mass is 191 g/mol. The summed E-state index contributed by atoms with van der Waals surface area (Å²) in [5, 5.41) is 0. The summed E-state index contributed by atoms with van der Waals surface area (Å²) in [6.45, 7) is 0.337. The number of nitrogens with zero attached hydrogens (tertiary/aromatic N) is 2. The summed E-state index contributed by atoms with van der Waals surface area (Å²) in [5.41, 5.74) is 5.45. The van der Waals surface area contributed by atoms with Crippen molar-refractivity contribution in [2.45, 2.75) is 6.61 Å². The summed E-state index contributed by atoms with van der Waals surface area (Å²) >= 11 is 0. The van der Waals surface area contributed by atoms with Crippen molar-refractivity contribution in [3.05, 3.63) is 36.5 Å². The van der Waals surface area contributed by atoms with Crippen molar-refractivity contribution in [1.82, 2.24) is 9.97 Å². The highest BCUT2D eigenvalue weighted by Crippen LogP contribution is 2.10. The van der Waals surface area contributed by atoms with Crippen molar-refractivity contribution >= 4 is 5.82 Å². The molecule has 0 bridgehead atoms. The van der Waals surface area contributed by atoms with Gasteiger partial charge in [0, 0.05) is 6.07 Å². The Morgan fingerprint density at radius 1 is 1.43 bits per heavy atom. The van der Waals surface area contributed by atoms with E-state index in [2.05, 4.69) is 9.97 Å². The summed E-state index contributed by atoms with van der Waals surface area (Å²) in [7, 11) is 0. The first-order chi connectivity index (χ1) is 6.84. The van der Waals surface area contributed by atoms with E-state index < -0.39 is 0 Å². The first-order valence-electron chi connectivity index (χ1n) is 4.07. The Morgan fingerprint density at radius 2 is 2.36 bits per heavy atom. The molecule has 0 aromatic carbocycles. The normalized spacial score (nSPS) is 10.0. The predicted octanol–water partition coefficient (Wildman–Crippen LogP) is 1.23. The molecule has 72 valence electrons. The van der Waals surface area contributed by atoms with Crippen molar-refractivity contribution in [1.29, 1.82) is 0 Å². The van der Waals surface area contributed by atoms with Gasteiger partial charge in [0.05, 0.1) is 6.26 Å². The van der Waals surface area contributed by atoms with Crippen molar-refractivity contribution < 1.29 is 9.15 Å². The summed E-state index contributed by atoms with van der Waals surface area (Å²) in [6.07, 6.45) is 2.94. The van der Waals surface area contributed by atoms with E-state index in [4.69, 9.17) is 14.9 Å². The van der Waals surface area contributed by atoms with Crippen molar-refractivity contribution in [2.24, 2.45) is 0 Å². The number of rotatable bonds is 3. The number of nitrogens with two attached hydrogens (primary N) is 1. The lowest BCUT2D eigenvalue weighted by molar-refractivity contribution is 0.260. The molecule has 0 aliphatic rings. The molecule has 2 aromatic heterocycles. The molecular weight excluding hydrogens is 182 g/mol. The quantitative estimate of drug-likeness (QED) is 0.789. The van der Waals surface area contributed by atoms with Crippen LogP contribution < -0.4 is 10.5 Å². The maximum atomic E-state index is 5.45. The largest absolute Gasteiger partial charge is 0.469 e. The van der Waals surface area contributed by atoms with Crippen LogP contribution in [0, 0.1) is 0 Å². The second-order valence-electron chi connectivity index (χ2n) is 2.65. The molecule has 0 atom stereocenters. The molecule has 2 rings (SSSR count). The maximum Gasteiger partial charge on any atom is 0.218 e. The first kappa shape index (κ1) is 8.55. The van der Waals surface area contributed by atoms with Crippen LogP contribution in [0.4, 0.5) is 5.82 Å². The topological polar surface area (TPSA) is 74.2 Å². The Bertz CT molecular complexity index is 400. The third kappa shape index (κ3) is 2.01. The summed E-state index contributed by atoms with van der Waals surface area (Å²) < 4.78 is 10.4. The lowest BCUT2D eigenvalue weighted by Crippen LogP contribution is -1.98. The molecule has 0 amide bonds. The van der Waals surface area contributed by atoms with Crippen molar-refractivity contribution in [3.63, 3.8) is 0 Å². The van der Waals surface area contributed by atoms with Crippen LogP contribution in [0.1, 0.15) is 5.76 Å². The minimum atomic E-state index is 0.337. The van der Waals surface area contributed by atoms with E-state index >= 15 is 0 Å². The molecule has 0 saturated carbocycles. The van der Waals surface area contributed by atoms with Gasteiger partial charge in [0.25, 0.3) is 0 Å². The highest BCUT2D eigenvalue weighted by Gasteiger charge is 1.99. The van der Waals surface area contributed by atoms with Crippen LogP contribution in [0.3, 0.4) is 0 Å². The SMILES string of the molecule is Nc1cc(OCc2ccco2)ncn1. The Hall–Kier alpha value is -2.04. The van der Waals surface area contributed by atoms with Gasteiger partial charge in [0.1, 0.15) is 24.5 Å². The van der Waals surface area contributed by atoms with E-state index in [9.17, 15) is 0 Å². The summed E-state index contributed by atoms with van der Waals surface area (Å²) in [5.74, 6) is 1.56. The molecular formula is C9H9N3O2. The minimum Gasteiger partial charge on any atom is -0.469 e. The zero-order valence-electron chi connectivity index (χ0n) is 7.38. The van der Waals surface area contributed by atoms with Gasteiger partial charge >= 0.3 is 0 Å². The van der Waals surface area contributed by atoms with Gasteiger partial charge in [0.15, 0.2) is 0 Å². The van der Waals surface area contributed by atoms with Crippen LogP contribution in [0.2, 0.25) is 0 Å². The predicted molar refractivity (Wildman–Crippen MR) is 49.5 cm³/mol. The number of hydrogen-bond donors (Lipinski definition) is 1. The molecule has 0 saturated heterocycles. The zero-order valence-corrected chi connectivity index (χ0v) is 7.38. The van der Waals surface area contributed by atoms with E-state index in [1.54, 1.807) is 18.4 Å². The van der Waals surface area contributed by atoms with Gasteiger partial charge in [-0.3, -0.25) is 0 Å².